The molecule has 0 aliphatic carbocycles. The van der Waals surface area contributed by atoms with Crippen LogP contribution in [0.4, 0.5) is 0 Å². The summed E-state index contributed by atoms with van der Waals surface area (Å²) in [7, 11) is 2.18. The van der Waals surface area contributed by atoms with E-state index in [4.69, 9.17) is 0 Å². The molecule has 0 saturated carbocycles. The van der Waals surface area contributed by atoms with Crippen LogP contribution in [0, 0.1) is 25.7 Å². The number of aliphatic imine (C=N–C) groups is 1. The number of allylic oxidation sites excluding steroid dienone is 1. The number of hydrogen-bond donors (Lipinski definition) is 2. The van der Waals surface area contributed by atoms with Gasteiger partial charge < -0.3 is 10.6 Å². The van der Waals surface area contributed by atoms with Gasteiger partial charge in [0.05, 0.1) is 0 Å². The molecule has 1 heterocycles. The average Bonchev–Trinajstić information content (AvgIpc) is 3.15. The topological polar surface area (TPSA) is 39.7 Å². The van der Waals surface area contributed by atoms with E-state index >= 15 is 0 Å². The first kappa shape index (κ1) is 50.1. The fourth-order valence-electron chi connectivity index (χ4n) is 4.98. The van der Waals surface area contributed by atoms with Gasteiger partial charge in [0.2, 0.25) is 0 Å². The number of benzene rings is 2. The van der Waals surface area contributed by atoms with Crippen molar-refractivity contribution in [3.63, 3.8) is 0 Å². The van der Waals surface area contributed by atoms with Crippen LogP contribution >= 0.6 is 10.5 Å². The van der Waals surface area contributed by atoms with Crippen molar-refractivity contribution in [2.75, 3.05) is 39.5 Å². The summed E-state index contributed by atoms with van der Waals surface area (Å²) >= 11 is 0. The maximum absolute atomic E-state index is 4.35. The number of aryl methyl sites for hydroxylation is 2. The Hall–Kier alpha value is -2.99. The highest BCUT2D eigenvalue weighted by Gasteiger charge is 2.17. The van der Waals surface area contributed by atoms with Crippen LogP contribution in [0.15, 0.2) is 109 Å². The van der Waals surface area contributed by atoms with Crippen LogP contribution in [0.3, 0.4) is 0 Å². The molecule has 2 aromatic rings. The molecule has 1 aliphatic heterocycles. The van der Waals surface area contributed by atoms with Crippen molar-refractivity contribution in [3.8, 4) is 0 Å². The molecule has 0 radical (unpaired) electrons. The molecule has 2 aromatic carbocycles. The third-order valence-corrected chi connectivity index (χ3v) is 10.0. The van der Waals surface area contributed by atoms with Gasteiger partial charge in [0.15, 0.2) is 0 Å². The molecule has 0 bridgehead atoms. The van der Waals surface area contributed by atoms with Gasteiger partial charge in [0.1, 0.15) is 0 Å². The Morgan fingerprint density at radius 3 is 2.08 bits per heavy atom. The van der Waals surface area contributed by atoms with Crippen molar-refractivity contribution in [3.05, 3.63) is 116 Å². The number of hydrogen-bond acceptors (Lipinski definition) is 4. The molecular formula is C46H78N4S. The van der Waals surface area contributed by atoms with Crippen molar-refractivity contribution < 1.29 is 0 Å². The number of unbranched alkanes of at least 4 members (excludes halogenated alkanes) is 1. The van der Waals surface area contributed by atoms with Gasteiger partial charge in [-0.15, -0.1) is 26.3 Å². The zero-order chi connectivity index (χ0) is 39.0. The van der Waals surface area contributed by atoms with Crippen molar-refractivity contribution in [2.45, 2.75) is 111 Å². The normalized spacial score (nSPS) is 13.4. The van der Waals surface area contributed by atoms with E-state index < -0.39 is 0 Å². The highest BCUT2D eigenvalue weighted by molar-refractivity contribution is 8.13. The van der Waals surface area contributed by atoms with Gasteiger partial charge in [-0.1, -0.05) is 96.3 Å². The van der Waals surface area contributed by atoms with Gasteiger partial charge in [-0.25, -0.2) is 0 Å². The van der Waals surface area contributed by atoms with Crippen LogP contribution in [0.2, 0.25) is 0 Å². The smallest absolute Gasteiger partial charge is 0.0323 e. The number of nitrogens with one attached hydrogen (secondary N) is 2. The van der Waals surface area contributed by atoms with Crippen LogP contribution in [-0.2, 0) is 6.42 Å². The minimum Gasteiger partial charge on any atom is -0.385 e. The van der Waals surface area contributed by atoms with Gasteiger partial charge in [0.25, 0.3) is 0 Å². The second-order valence-electron chi connectivity index (χ2n) is 13.6. The Kier molecular flexibility index (Phi) is 32.3. The highest BCUT2D eigenvalue weighted by Crippen LogP contribution is 2.22. The third kappa shape index (κ3) is 25.6. The molecule has 0 saturated heterocycles. The lowest BCUT2D eigenvalue weighted by Gasteiger charge is -2.27. The maximum atomic E-state index is 4.35. The molecule has 0 spiro atoms. The average molecular weight is 719 g/mol. The SMILES string of the molecule is C=C.C=C.C=C(CCCCN(CCNC)CC1=CN=CCC1)NC(Cc1ccccc1)C(C)CC.C=S(C)c1ccc(C)c(C)c1.CCC(C)C. The summed E-state index contributed by atoms with van der Waals surface area (Å²) in [6, 6.07) is 17.8. The molecule has 3 atom stereocenters. The van der Waals surface area contributed by atoms with Gasteiger partial charge in [-0.3, -0.25) is 9.89 Å². The lowest BCUT2D eigenvalue weighted by molar-refractivity contribution is 0.288. The van der Waals surface area contributed by atoms with E-state index in [1.54, 1.807) is 0 Å². The maximum Gasteiger partial charge on any atom is 0.0323 e. The second kappa shape index (κ2) is 32.9. The zero-order valence-electron chi connectivity index (χ0n) is 34.5. The van der Waals surface area contributed by atoms with E-state index in [0.717, 1.165) is 57.8 Å². The number of nitrogens with zero attached hydrogens (tertiary/aromatic N) is 2. The van der Waals surface area contributed by atoms with Gasteiger partial charge in [0, 0.05) is 48.7 Å². The zero-order valence-corrected chi connectivity index (χ0v) is 35.4. The van der Waals surface area contributed by atoms with Crippen molar-refractivity contribution >= 4 is 22.6 Å². The summed E-state index contributed by atoms with van der Waals surface area (Å²) in [6.07, 6.45) is 15.4. The predicted octanol–water partition coefficient (Wildman–Crippen LogP) is 11.8. The molecule has 288 valence electrons. The minimum atomic E-state index is 0.152. The van der Waals surface area contributed by atoms with Crippen LogP contribution in [-0.4, -0.2) is 62.5 Å². The summed E-state index contributed by atoms with van der Waals surface area (Å²) in [5, 5.41) is 7.05. The molecule has 0 amide bonds. The number of rotatable bonds is 18. The molecule has 5 heteroatoms. The molecule has 2 N–H and O–H groups in total. The molecule has 4 nitrogen and oxygen atoms in total. The molecule has 3 unspecified atom stereocenters. The Labute approximate surface area is 319 Å². The van der Waals surface area contributed by atoms with E-state index in [2.05, 4.69) is 169 Å². The molecule has 3 rings (SSSR count). The molecular weight excluding hydrogens is 641 g/mol. The van der Waals surface area contributed by atoms with Crippen LogP contribution in [0.25, 0.3) is 0 Å². The fraction of sp³-hybridized carbons (Fsp3) is 0.522. The minimum absolute atomic E-state index is 0.152. The molecule has 1 aliphatic rings. The lowest BCUT2D eigenvalue weighted by Crippen LogP contribution is -2.36. The molecule has 0 fully saturated rings. The van der Waals surface area contributed by atoms with Crippen molar-refractivity contribution in [2.24, 2.45) is 16.8 Å². The van der Waals surface area contributed by atoms with Gasteiger partial charge in [-0.2, -0.15) is 10.5 Å². The lowest BCUT2D eigenvalue weighted by atomic mass is 9.92. The van der Waals surface area contributed by atoms with E-state index in [9.17, 15) is 0 Å². The first-order valence-corrected chi connectivity index (χ1v) is 20.9. The van der Waals surface area contributed by atoms with Gasteiger partial charge in [-0.05, 0) is 118 Å². The Morgan fingerprint density at radius 2 is 1.57 bits per heavy atom. The first-order chi connectivity index (χ1) is 24.5. The largest absolute Gasteiger partial charge is 0.385 e. The molecule has 51 heavy (non-hydrogen) atoms. The quantitative estimate of drug-likeness (QED) is 0.0916. The Morgan fingerprint density at radius 1 is 0.922 bits per heavy atom. The second-order valence-corrected chi connectivity index (χ2v) is 15.4. The Bertz CT molecular complexity index is 1230. The van der Waals surface area contributed by atoms with Crippen molar-refractivity contribution in [1.29, 1.82) is 0 Å². The summed E-state index contributed by atoms with van der Waals surface area (Å²) in [5.74, 6) is 5.52. The highest BCUT2D eigenvalue weighted by atomic mass is 32.2. The van der Waals surface area contributed by atoms with E-state index in [1.165, 1.54) is 58.5 Å². The monoisotopic (exact) mass is 719 g/mol. The van der Waals surface area contributed by atoms with Crippen LogP contribution in [0.5, 0.6) is 0 Å². The summed E-state index contributed by atoms with van der Waals surface area (Å²) in [6.45, 7) is 36.2. The summed E-state index contributed by atoms with van der Waals surface area (Å²) < 4.78 is 0. The Balaban J connectivity index is 0. The summed E-state index contributed by atoms with van der Waals surface area (Å²) in [4.78, 5) is 8.26. The van der Waals surface area contributed by atoms with Crippen LogP contribution < -0.4 is 10.6 Å². The van der Waals surface area contributed by atoms with E-state index in [-0.39, 0.29) is 10.5 Å². The third-order valence-electron chi connectivity index (χ3n) is 8.98. The van der Waals surface area contributed by atoms with Crippen molar-refractivity contribution in [1.82, 2.24) is 15.5 Å². The molecule has 0 aromatic heterocycles. The number of likely N-dealkylation sites (N-methyl/N-ethyl adjacent to an activating group) is 1. The fourth-order valence-corrected chi connectivity index (χ4v) is 5.66. The van der Waals surface area contributed by atoms with E-state index in [1.807, 2.05) is 13.3 Å². The predicted molar refractivity (Wildman–Crippen MR) is 238 cm³/mol. The van der Waals surface area contributed by atoms with Crippen LogP contribution in [0.1, 0.15) is 96.3 Å². The van der Waals surface area contributed by atoms with Gasteiger partial charge >= 0.3 is 0 Å². The first-order valence-electron chi connectivity index (χ1n) is 19.1. The standard InChI is InChI=1S/C27H44N4.C10H14S.C5H12.2C2H4/c1-5-23(2)27(20-25-13-7-6-8-14-25)30-24(3)12-9-10-18-31(19-17-28-4)22-26-15-11-16-29-21-26;1-8-5-6-10(11(3)4)7-9(8)2;1-4-5(2)3;2*1-2/h6-8,13-14,16,21,23,27-28,30H,3,5,9-12,15,17-20,22H2,1-2,4H3;5-7H,3H2,1-2,4H3;5H,4H2,1-3H3;2*1-2H2. The van der Waals surface area contributed by atoms with E-state index in [0.29, 0.717) is 12.0 Å². The summed E-state index contributed by atoms with van der Waals surface area (Å²) in [5.41, 5.74) is 6.77.